The summed E-state index contributed by atoms with van der Waals surface area (Å²) in [7, 11) is 0. The lowest BCUT2D eigenvalue weighted by molar-refractivity contribution is -0.127. The summed E-state index contributed by atoms with van der Waals surface area (Å²) >= 11 is 0. The monoisotopic (exact) mass is 281 g/mol. The second-order valence-electron chi connectivity index (χ2n) is 5.53. The molecule has 1 saturated heterocycles. The molecular formula is C15H17F2NO2. The van der Waals surface area contributed by atoms with Crippen molar-refractivity contribution in [3.63, 3.8) is 0 Å². The summed E-state index contributed by atoms with van der Waals surface area (Å²) < 4.78 is 26.6. The van der Waals surface area contributed by atoms with Crippen LogP contribution >= 0.6 is 0 Å². The molecule has 0 bridgehead atoms. The Morgan fingerprint density at radius 2 is 2.10 bits per heavy atom. The molecule has 108 valence electrons. The number of amides is 1. The maximum Gasteiger partial charge on any atom is 0.223 e. The lowest BCUT2D eigenvalue weighted by atomic mass is 9.95. The zero-order valence-electron chi connectivity index (χ0n) is 11.5. The molecule has 0 aromatic heterocycles. The second kappa shape index (κ2) is 5.69. The zero-order chi connectivity index (χ0) is 14.9. The Hall–Kier alpha value is -1.78. The van der Waals surface area contributed by atoms with Gasteiger partial charge in [0.25, 0.3) is 0 Å². The summed E-state index contributed by atoms with van der Waals surface area (Å²) in [6, 6.07) is 2.76. The molecule has 1 fully saturated rings. The molecule has 1 amide bonds. The Bertz CT molecular complexity index is 543. The molecule has 2 rings (SSSR count). The van der Waals surface area contributed by atoms with Crippen molar-refractivity contribution in [2.45, 2.75) is 20.3 Å². The van der Waals surface area contributed by atoms with E-state index in [9.17, 15) is 18.4 Å². The van der Waals surface area contributed by atoms with E-state index in [1.54, 1.807) is 0 Å². The highest BCUT2D eigenvalue weighted by atomic mass is 19.1. The van der Waals surface area contributed by atoms with Crippen LogP contribution in [0.25, 0.3) is 0 Å². The lowest BCUT2D eigenvalue weighted by Gasteiger charge is -2.17. The van der Waals surface area contributed by atoms with Crippen LogP contribution in [-0.4, -0.2) is 29.7 Å². The van der Waals surface area contributed by atoms with E-state index in [1.807, 2.05) is 13.8 Å². The Morgan fingerprint density at radius 1 is 1.40 bits per heavy atom. The van der Waals surface area contributed by atoms with Crippen molar-refractivity contribution in [1.29, 1.82) is 0 Å². The normalized spacial score (nSPS) is 18.9. The number of hydrogen-bond acceptors (Lipinski definition) is 2. The molecule has 1 heterocycles. The van der Waals surface area contributed by atoms with Gasteiger partial charge in [0.05, 0.1) is 12.1 Å². The van der Waals surface area contributed by atoms with Gasteiger partial charge in [0.1, 0.15) is 11.6 Å². The summed E-state index contributed by atoms with van der Waals surface area (Å²) in [5.41, 5.74) is -0.300. The van der Waals surface area contributed by atoms with Crippen molar-refractivity contribution in [1.82, 2.24) is 4.90 Å². The number of halogens is 2. The molecule has 0 saturated carbocycles. The number of Topliss-reactive ketones (excluding diaryl/α,β-unsaturated/α-hetero) is 1. The number of rotatable bonds is 4. The minimum absolute atomic E-state index is 0.103. The molecule has 0 N–H and O–H groups in total. The van der Waals surface area contributed by atoms with Gasteiger partial charge in [0.2, 0.25) is 5.91 Å². The van der Waals surface area contributed by atoms with Crippen molar-refractivity contribution in [3.8, 4) is 0 Å². The smallest absolute Gasteiger partial charge is 0.223 e. The standard InChI is InChI=1S/C15H17F2NO2/c1-9(2)10-5-15(20)18(7-10)8-14(19)12-6-11(16)3-4-13(12)17/h3-4,6,9-10H,5,7-8H2,1-2H3. The van der Waals surface area contributed by atoms with Gasteiger partial charge in [-0.3, -0.25) is 9.59 Å². The number of nitrogens with zero attached hydrogens (tertiary/aromatic N) is 1. The second-order valence-corrected chi connectivity index (χ2v) is 5.53. The molecule has 0 spiro atoms. The van der Waals surface area contributed by atoms with Crippen LogP contribution in [0.1, 0.15) is 30.6 Å². The van der Waals surface area contributed by atoms with Crippen LogP contribution in [0.2, 0.25) is 0 Å². The Balaban J connectivity index is 2.09. The maximum atomic E-state index is 13.5. The minimum atomic E-state index is -0.761. The molecule has 3 nitrogen and oxygen atoms in total. The van der Waals surface area contributed by atoms with E-state index in [0.717, 1.165) is 18.2 Å². The van der Waals surface area contributed by atoms with E-state index in [4.69, 9.17) is 0 Å². The van der Waals surface area contributed by atoms with E-state index in [-0.39, 0.29) is 23.9 Å². The highest BCUT2D eigenvalue weighted by molar-refractivity contribution is 5.99. The van der Waals surface area contributed by atoms with Gasteiger partial charge in [0.15, 0.2) is 5.78 Å². The van der Waals surface area contributed by atoms with E-state index >= 15 is 0 Å². The largest absolute Gasteiger partial charge is 0.335 e. The Morgan fingerprint density at radius 3 is 2.70 bits per heavy atom. The minimum Gasteiger partial charge on any atom is -0.335 e. The van der Waals surface area contributed by atoms with Gasteiger partial charge >= 0.3 is 0 Å². The van der Waals surface area contributed by atoms with Crippen molar-refractivity contribution in [2.24, 2.45) is 11.8 Å². The summed E-state index contributed by atoms with van der Waals surface area (Å²) in [5.74, 6) is -1.53. The van der Waals surface area contributed by atoms with Crippen LogP contribution in [0, 0.1) is 23.5 Å². The van der Waals surface area contributed by atoms with Crippen LogP contribution in [0.15, 0.2) is 18.2 Å². The first kappa shape index (κ1) is 14.6. The van der Waals surface area contributed by atoms with Crippen LogP contribution in [0.4, 0.5) is 8.78 Å². The summed E-state index contributed by atoms with van der Waals surface area (Å²) in [4.78, 5) is 25.2. The average Bonchev–Trinajstić information content (AvgIpc) is 2.74. The topological polar surface area (TPSA) is 37.4 Å². The first-order valence-electron chi connectivity index (χ1n) is 6.64. The molecular weight excluding hydrogens is 264 g/mol. The average molecular weight is 281 g/mol. The van der Waals surface area contributed by atoms with Crippen molar-refractivity contribution in [2.75, 3.05) is 13.1 Å². The number of hydrogen-bond donors (Lipinski definition) is 0. The van der Waals surface area contributed by atoms with Gasteiger partial charge in [-0.25, -0.2) is 8.78 Å². The number of ketones is 1. The fraction of sp³-hybridized carbons (Fsp3) is 0.467. The van der Waals surface area contributed by atoms with Gasteiger partial charge in [-0.1, -0.05) is 13.8 Å². The summed E-state index contributed by atoms with van der Waals surface area (Å²) in [5, 5.41) is 0. The predicted octanol–water partition coefficient (Wildman–Crippen LogP) is 2.65. The molecule has 0 aliphatic carbocycles. The van der Waals surface area contributed by atoms with Crippen LogP contribution in [0.5, 0.6) is 0 Å². The van der Waals surface area contributed by atoms with Gasteiger partial charge < -0.3 is 4.90 Å². The summed E-state index contributed by atoms with van der Waals surface area (Å²) in [6.45, 7) is 4.35. The molecule has 1 unspecified atom stereocenters. The van der Waals surface area contributed by atoms with Crippen LogP contribution in [0.3, 0.4) is 0 Å². The molecule has 1 aliphatic heterocycles. The lowest BCUT2D eigenvalue weighted by Crippen LogP contribution is -2.32. The van der Waals surface area contributed by atoms with Crippen molar-refractivity contribution >= 4 is 11.7 Å². The van der Waals surface area contributed by atoms with Crippen molar-refractivity contribution < 1.29 is 18.4 Å². The molecule has 1 aromatic rings. The number of carbonyl (C=O) groups is 2. The third kappa shape index (κ3) is 3.03. The molecule has 1 aromatic carbocycles. The highest BCUT2D eigenvalue weighted by Gasteiger charge is 2.32. The van der Waals surface area contributed by atoms with Crippen LogP contribution in [-0.2, 0) is 4.79 Å². The van der Waals surface area contributed by atoms with Gasteiger partial charge in [-0.15, -0.1) is 0 Å². The Labute approximate surface area is 116 Å². The van der Waals surface area contributed by atoms with Crippen molar-refractivity contribution in [3.05, 3.63) is 35.4 Å². The van der Waals surface area contributed by atoms with Gasteiger partial charge in [0, 0.05) is 13.0 Å². The van der Waals surface area contributed by atoms with Crippen LogP contribution < -0.4 is 0 Å². The first-order valence-corrected chi connectivity index (χ1v) is 6.64. The molecule has 20 heavy (non-hydrogen) atoms. The quantitative estimate of drug-likeness (QED) is 0.796. The molecule has 5 heteroatoms. The Kier molecular flexibility index (Phi) is 4.16. The maximum absolute atomic E-state index is 13.5. The number of benzene rings is 1. The zero-order valence-corrected chi connectivity index (χ0v) is 11.5. The SMILES string of the molecule is CC(C)C1CC(=O)N(CC(=O)c2cc(F)ccc2F)C1. The third-order valence-electron chi connectivity index (χ3n) is 3.75. The van der Waals surface area contributed by atoms with Gasteiger partial charge in [-0.2, -0.15) is 0 Å². The fourth-order valence-electron chi connectivity index (χ4n) is 2.37. The highest BCUT2D eigenvalue weighted by Crippen LogP contribution is 2.25. The van der Waals surface area contributed by atoms with E-state index < -0.39 is 17.4 Å². The molecule has 1 atom stereocenters. The predicted molar refractivity (Wildman–Crippen MR) is 70.2 cm³/mol. The van der Waals surface area contributed by atoms with E-state index in [1.165, 1.54) is 4.90 Å². The van der Waals surface area contributed by atoms with E-state index in [2.05, 4.69) is 0 Å². The molecule has 0 radical (unpaired) electrons. The van der Waals surface area contributed by atoms with E-state index in [0.29, 0.717) is 18.9 Å². The molecule has 1 aliphatic rings. The fourth-order valence-corrected chi connectivity index (χ4v) is 2.37. The summed E-state index contributed by atoms with van der Waals surface area (Å²) in [6.07, 6.45) is 0.413. The third-order valence-corrected chi connectivity index (χ3v) is 3.75. The first-order chi connectivity index (χ1) is 9.38. The number of likely N-dealkylation sites (tertiary alicyclic amines) is 1. The number of carbonyl (C=O) groups excluding carboxylic acids is 2. The van der Waals surface area contributed by atoms with Gasteiger partial charge in [-0.05, 0) is 30.0 Å².